The lowest BCUT2D eigenvalue weighted by Crippen LogP contribution is -2.32. The number of hydrogen-bond acceptors (Lipinski definition) is 7. The number of benzene rings is 2. The first-order valence-corrected chi connectivity index (χ1v) is 13.7. The molecule has 1 heterocycles. The predicted molar refractivity (Wildman–Crippen MR) is 158 cm³/mol. The molecule has 218 valence electrons. The van der Waals surface area contributed by atoms with Crippen LogP contribution in [0.25, 0.3) is 11.1 Å². The largest absolute Gasteiger partial charge is 0.465 e. The number of ether oxygens (including phenoxy) is 3. The van der Waals surface area contributed by atoms with Crippen LogP contribution in [0.4, 0.5) is 4.79 Å². The molecule has 3 rings (SSSR count). The van der Waals surface area contributed by atoms with Crippen molar-refractivity contribution in [2.45, 2.75) is 73.6 Å². The summed E-state index contributed by atoms with van der Waals surface area (Å²) >= 11 is 0. The lowest BCUT2D eigenvalue weighted by molar-refractivity contribution is 0.0471. The minimum absolute atomic E-state index is 0.0459. The minimum atomic E-state index is -0.656. The van der Waals surface area contributed by atoms with E-state index in [0.717, 1.165) is 22.4 Å². The zero-order valence-electron chi connectivity index (χ0n) is 25.2. The van der Waals surface area contributed by atoms with Gasteiger partial charge in [0, 0.05) is 23.4 Å². The minimum Gasteiger partial charge on any atom is -0.465 e. The number of carbonyl (C=O) groups is 3. The summed E-state index contributed by atoms with van der Waals surface area (Å²) in [6, 6.07) is 14.6. The number of aryl methyl sites for hydroxylation is 2. The third-order valence-electron chi connectivity index (χ3n) is 6.24. The van der Waals surface area contributed by atoms with Crippen molar-refractivity contribution in [2.24, 2.45) is 5.92 Å². The Bertz CT molecular complexity index is 1400. The zero-order valence-corrected chi connectivity index (χ0v) is 25.2. The van der Waals surface area contributed by atoms with Crippen molar-refractivity contribution in [3.05, 3.63) is 87.7 Å². The highest BCUT2D eigenvalue weighted by molar-refractivity contribution is 5.99. The van der Waals surface area contributed by atoms with E-state index in [2.05, 4.69) is 19.2 Å². The zero-order chi connectivity index (χ0) is 30.3. The Balaban J connectivity index is 2.08. The van der Waals surface area contributed by atoms with Crippen LogP contribution in [0.2, 0.25) is 0 Å². The van der Waals surface area contributed by atoms with Gasteiger partial charge >= 0.3 is 18.0 Å². The molecule has 0 unspecified atom stereocenters. The molecule has 0 fully saturated rings. The molecule has 2 aromatic carbocycles. The van der Waals surface area contributed by atoms with Crippen LogP contribution in [0, 0.1) is 19.8 Å². The number of methoxy groups -OCH3 is 1. The molecule has 0 aliphatic heterocycles. The van der Waals surface area contributed by atoms with Crippen molar-refractivity contribution in [3.63, 3.8) is 0 Å². The van der Waals surface area contributed by atoms with Crippen LogP contribution in [-0.4, -0.2) is 35.7 Å². The fourth-order valence-electron chi connectivity index (χ4n) is 4.44. The predicted octanol–water partition coefficient (Wildman–Crippen LogP) is 6.73. The second-order valence-corrected chi connectivity index (χ2v) is 11.5. The molecular formula is C33H40N2O6. The first-order valence-electron chi connectivity index (χ1n) is 13.7. The van der Waals surface area contributed by atoms with E-state index in [1.165, 1.54) is 7.11 Å². The molecule has 0 radical (unpaired) electrons. The molecule has 8 nitrogen and oxygen atoms in total. The van der Waals surface area contributed by atoms with Gasteiger partial charge in [-0.05, 0) is 70.2 Å². The summed E-state index contributed by atoms with van der Waals surface area (Å²) in [5, 5.41) is 2.86. The highest BCUT2D eigenvalue weighted by Crippen LogP contribution is 2.33. The van der Waals surface area contributed by atoms with Crippen molar-refractivity contribution in [1.82, 2.24) is 10.3 Å². The summed E-state index contributed by atoms with van der Waals surface area (Å²) in [7, 11) is 1.32. The number of esters is 2. The SMILES string of the molecule is COC(=O)c1cccc(COC(=O)c2c(C)nc(CC(C)C)c(CNC(=O)OC(C)(C)C)c2-c2ccc(C)cc2)c1. The maximum Gasteiger partial charge on any atom is 0.407 e. The van der Waals surface area contributed by atoms with Crippen molar-refractivity contribution in [2.75, 3.05) is 7.11 Å². The molecule has 1 N–H and O–H groups in total. The average molecular weight is 561 g/mol. The van der Waals surface area contributed by atoms with Gasteiger partial charge in [0.25, 0.3) is 0 Å². The number of rotatable bonds is 9. The van der Waals surface area contributed by atoms with Gasteiger partial charge in [-0.15, -0.1) is 0 Å². The van der Waals surface area contributed by atoms with Crippen LogP contribution in [0.15, 0.2) is 48.5 Å². The van der Waals surface area contributed by atoms with Gasteiger partial charge in [0.1, 0.15) is 12.2 Å². The summed E-state index contributed by atoms with van der Waals surface area (Å²) in [5.74, 6) is -0.737. The number of alkyl carbamates (subject to hydrolysis) is 1. The van der Waals surface area contributed by atoms with Gasteiger partial charge in [-0.1, -0.05) is 55.8 Å². The van der Waals surface area contributed by atoms with Crippen molar-refractivity contribution in [1.29, 1.82) is 0 Å². The fraction of sp³-hybridized carbons (Fsp3) is 0.394. The maximum absolute atomic E-state index is 13.7. The van der Waals surface area contributed by atoms with E-state index in [9.17, 15) is 14.4 Å². The van der Waals surface area contributed by atoms with E-state index < -0.39 is 23.6 Å². The topological polar surface area (TPSA) is 104 Å². The molecule has 1 aromatic heterocycles. The number of aromatic nitrogens is 1. The maximum atomic E-state index is 13.7. The quantitative estimate of drug-likeness (QED) is 0.228. The smallest absolute Gasteiger partial charge is 0.407 e. The normalized spacial score (nSPS) is 11.2. The highest BCUT2D eigenvalue weighted by atomic mass is 16.6. The molecule has 0 atom stereocenters. The lowest BCUT2D eigenvalue weighted by atomic mass is 9.89. The number of hydrogen-bond donors (Lipinski definition) is 1. The van der Waals surface area contributed by atoms with E-state index in [1.807, 2.05) is 31.2 Å². The van der Waals surface area contributed by atoms with Crippen LogP contribution in [0.5, 0.6) is 0 Å². The molecule has 0 aliphatic rings. The Morgan fingerprint density at radius 2 is 1.66 bits per heavy atom. The standard InChI is InChI=1S/C33H40N2O6/c1-20(2)16-27-26(18-34-32(38)41-33(5,6)7)29(24-14-12-21(3)13-15-24)28(22(4)35-27)31(37)40-19-23-10-9-11-25(17-23)30(36)39-8/h9-15,17,20H,16,18-19H2,1-8H3,(H,34,38). The average Bonchev–Trinajstić information content (AvgIpc) is 2.89. The van der Waals surface area contributed by atoms with Gasteiger partial charge in [-0.3, -0.25) is 4.98 Å². The molecule has 0 bridgehead atoms. The van der Waals surface area contributed by atoms with E-state index in [0.29, 0.717) is 34.4 Å². The Morgan fingerprint density at radius 1 is 0.976 bits per heavy atom. The second kappa shape index (κ2) is 13.4. The molecule has 0 spiro atoms. The van der Waals surface area contributed by atoms with Crippen LogP contribution in [0.3, 0.4) is 0 Å². The molecule has 0 saturated carbocycles. The monoisotopic (exact) mass is 560 g/mol. The molecule has 41 heavy (non-hydrogen) atoms. The van der Waals surface area contributed by atoms with Gasteiger partial charge in [0.15, 0.2) is 0 Å². The van der Waals surface area contributed by atoms with Gasteiger partial charge < -0.3 is 19.5 Å². The molecular weight excluding hydrogens is 520 g/mol. The van der Waals surface area contributed by atoms with Gasteiger partial charge in [0.05, 0.1) is 23.9 Å². The van der Waals surface area contributed by atoms with Crippen LogP contribution in [-0.2, 0) is 33.8 Å². The molecule has 8 heteroatoms. The molecule has 3 aromatic rings. The molecule has 0 saturated heterocycles. The number of amides is 1. The van der Waals surface area contributed by atoms with Crippen molar-refractivity contribution >= 4 is 18.0 Å². The molecule has 0 aliphatic carbocycles. The first kappa shape index (κ1) is 31.3. The molecule has 1 amide bonds. The van der Waals surface area contributed by atoms with Gasteiger partial charge in [-0.2, -0.15) is 0 Å². The Hall–Kier alpha value is -4.20. The van der Waals surface area contributed by atoms with Gasteiger partial charge in [-0.25, -0.2) is 14.4 Å². The van der Waals surface area contributed by atoms with E-state index in [1.54, 1.807) is 52.0 Å². The van der Waals surface area contributed by atoms with E-state index in [4.69, 9.17) is 19.2 Å². The van der Waals surface area contributed by atoms with Crippen LogP contribution >= 0.6 is 0 Å². The summed E-state index contributed by atoms with van der Waals surface area (Å²) in [5.41, 5.74) is 5.30. The highest BCUT2D eigenvalue weighted by Gasteiger charge is 2.26. The number of pyridine rings is 1. The Labute approximate surface area is 242 Å². The summed E-state index contributed by atoms with van der Waals surface area (Å²) in [6.07, 6.45) is 0.0961. The van der Waals surface area contributed by atoms with Gasteiger partial charge in [0.2, 0.25) is 0 Å². The number of carbonyl (C=O) groups excluding carboxylic acids is 3. The number of nitrogens with zero attached hydrogens (tertiary/aromatic N) is 1. The van der Waals surface area contributed by atoms with E-state index >= 15 is 0 Å². The third kappa shape index (κ3) is 8.64. The summed E-state index contributed by atoms with van der Waals surface area (Å²) in [6.45, 7) is 13.5. The first-order chi connectivity index (χ1) is 19.3. The fourth-order valence-corrected chi connectivity index (χ4v) is 4.44. The Morgan fingerprint density at radius 3 is 2.27 bits per heavy atom. The Kier molecular flexibility index (Phi) is 10.3. The van der Waals surface area contributed by atoms with Crippen molar-refractivity contribution in [3.8, 4) is 11.1 Å². The summed E-state index contributed by atoms with van der Waals surface area (Å²) < 4.78 is 16.0. The summed E-state index contributed by atoms with van der Waals surface area (Å²) in [4.78, 5) is 43.1. The van der Waals surface area contributed by atoms with Crippen LogP contribution < -0.4 is 5.32 Å². The van der Waals surface area contributed by atoms with E-state index in [-0.39, 0.29) is 19.1 Å². The van der Waals surface area contributed by atoms with Crippen LogP contribution in [0.1, 0.15) is 83.4 Å². The third-order valence-corrected chi connectivity index (χ3v) is 6.24. The van der Waals surface area contributed by atoms with Crippen molar-refractivity contribution < 1.29 is 28.6 Å². The number of nitrogens with one attached hydrogen (secondary N) is 1. The second-order valence-electron chi connectivity index (χ2n) is 11.5. The lowest BCUT2D eigenvalue weighted by Gasteiger charge is -2.23.